The molecule has 0 atom stereocenters. The lowest BCUT2D eigenvalue weighted by Crippen LogP contribution is -1.97. The van der Waals surface area contributed by atoms with Gasteiger partial charge in [-0.2, -0.15) is 0 Å². The molecule has 74 valence electrons. The van der Waals surface area contributed by atoms with Crippen LogP contribution in [0.3, 0.4) is 0 Å². The van der Waals surface area contributed by atoms with Gasteiger partial charge >= 0.3 is 0 Å². The number of aromatic nitrogens is 1. The zero-order valence-corrected chi connectivity index (χ0v) is 8.23. The molecule has 1 rings (SSSR count). The Morgan fingerprint density at radius 3 is 2.79 bits per heavy atom. The van der Waals surface area contributed by atoms with Gasteiger partial charge in [-0.3, -0.25) is 15.1 Å². The van der Waals surface area contributed by atoms with E-state index in [1.807, 2.05) is 13.0 Å². The maximum absolute atomic E-state index is 10.5. The van der Waals surface area contributed by atoms with E-state index in [9.17, 15) is 10.1 Å². The van der Waals surface area contributed by atoms with Gasteiger partial charge in [0.2, 0.25) is 5.70 Å². The maximum atomic E-state index is 10.5. The van der Waals surface area contributed by atoms with Gasteiger partial charge in [0.1, 0.15) is 0 Å². The summed E-state index contributed by atoms with van der Waals surface area (Å²) in [5.74, 6) is 0. The first kappa shape index (κ1) is 10.4. The van der Waals surface area contributed by atoms with E-state index in [-0.39, 0.29) is 10.6 Å². The standard InChI is InChI=1S/C10H12N2O2/c1-3-10(12(13)14)6-9-5-4-8(2)7-11-9/h4-7H,3H2,1-2H3/b10-6-. The molecule has 0 spiro atoms. The van der Waals surface area contributed by atoms with E-state index in [0.717, 1.165) is 5.56 Å². The zero-order chi connectivity index (χ0) is 10.6. The van der Waals surface area contributed by atoms with Crippen LogP contribution in [0.15, 0.2) is 24.0 Å². The Kier molecular flexibility index (Phi) is 3.34. The predicted octanol–water partition coefficient (Wildman–Crippen LogP) is 2.42. The molecule has 0 bridgehead atoms. The van der Waals surface area contributed by atoms with Crippen molar-refractivity contribution in [2.24, 2.45) is 0 Å². The molecule has 1 heterocycles. The number of allylic oxidation sites excluding steroid dienone is 1. The molecule has 0 aliphatic rings. The molecule has 0 amide bonds. The number of hydrogen-bond donors (Lipinski definition) is 0. The molecule has 0 aliphatic carbocycles. The lowest BCUT2D eigenvalue weighted by molar-refractivity contribution is -0.425. The molecule has 1 aromatic heterocycles. The number of aryl methyl sites for hydroxylation is 1. The Bertz CT molecular complexity index is 355. The number of nitrogens with zero attached hydrogens (tertiary/aromatic N) is 2. The molecule has 4 heteroatoms. The van der Waals surface area contributed by atoms with Crippen molar-refractivity contribution in [3.63, 3.8) is 0 Å². The molecule has 14 heavy (non-hydrogen) atoms. The van der Waals surface area contributed by atoms with Crippen molar-refractivity contribution in [1.82, 2.24) is 4.98 Å². The minimum atomic E-state index is -0.373. The summed E-state index contributed by atoms with van der Waals surface area (Å²) in [5, 5.41) is 10.5. The lowest BCUT2D eigenvalue weighted by atomic mass is 10.2. The van der Waals surface area contributed by atoms with Crippen molar-refractivity contribution in [1.29, 1.82) is 0 Å². The Morgan fingerprint density at radius 1 is 1.64 bits per heavy atom. The second-order valence-corrected chi connectivity index (χ2v) is 3.01. The van der Waals surface area contributed by atoms with Crippen LogP contribution in [-0.4, -0.2) is 9.91 Å². The fourth-order valence-corrected chi connectivity index (χ4v) is 1.02. The third-order valence-electron chi connectivity index (χ3n) is 1.85. The first-order valence-electron chi connectivity index (χ1n) is 4.41. The molecule has 0 aromatic carbocycles. The Labute approximate surface area is 82.4 Å². The molecular formula is C10H12N2O2. The SMILES string of the molecule is CC/C(=C/c1ccc(C)cn1)[N+](=O)[O-]. The molecule has 0 unspecified atom stereocenters. The smallest absolute Gasteiger partial charge is 0.248 e. The number of nitro groups is 1. The van der Waals surface area contributed by atoms with Gasteiger partial charge < -0.3 is 0 Å². The van der Waals surface area contributed by atoms with Gasteiger partial charge in [0.05, 0.1) is 10.6 Å². The highest BCUT2D eigenvalue weighted by Gasteiger charge is 2.06. The molecule has 0 radical (unpaired) electrons. The van der Waals surface area contributed by atoms with Crippen molar-refractivity contribution in [3.05, 3.63) is 45.4 Å². The molecule has 0 saturated carbocycles. The molecule has 4 nitrogen and oxygen atoms in total. The van der Waals surface area contributed by atoms with Gasteiger partial charge in [-0.1, -0.05) is 13.0 Å². The van der Waals surface area contributed by atoms with E-state index >= 15 is 0 Å². The Morgan fingerprint density at radius 2 is 2.36 bits per heavy atom. The van der Waals surface area contributed by atoms with E-state index in [4.69, 9.17) is 0 Å². The summed E-state index contributed by atoms with van der Waals surface area (Å²) in [4.78, 5) is 14.2. The second kappa shape index (κ2) is 4.50. The van der Waals surface area contributed by atoms with Crippen molar-refractivity contribution in [2.45, 2.75) is 20.3 Å². The zero-order valence-electron chi connectivity index (χ0n) is 8.23. The molecular weight excluding hydrogens is 180 g/mol. The van der Waals surface area contributed by atoms with Crippen LogP contribution in [0.5, 0.6) is 0 Å². The topological polar surface area (TPSA) is 56.0 Å². The van der Waals surface area contributed by atoms with E-state index in [2.05, 4.69) is 4.98 Å². The number of hydrogen-bond acceptors (Lipinski definition) is 3. The van der Waals surface area contributed by atoms with Crippen LogP contribution in [-0.2, 0) is 0 Å². The fraction of sp³-hybridized carbons (Fsp3) is 0.300. The first-order chi connectivity index (χ1) is 6.63. The molecule has 0 fully saturated rings. The van der Waals surface area contributed by atoms with Gasteiger partial charge in [-0.25, -0.2) is 0 Å². The Hall–Kier alpha value is -1.71. The average molecular weight is 192 g/mol. The summed E-state index contributed by atoms with van der Waals surface area (Å²) in [6, 6.07) is 3.65. The minimum Gasteiger partial charge on any atom is -0.259 e. The van der Waals surface area contributed by atoms with Gasteiger partial charge in [-0.15, -0.1) is 0 Å². The summed E-state index contributed by atoms with van der Waals surface area (Å²) < 4.78 is 0. The highest BCUT2D eigenvalue weighted by atomic mass is 16.6. The second-order valence-electron chi connectivity index (χ2n) is 3.01. The minimum absolute atomic E-state index is 0.182. The van der Waals surface area contributed by atoms with Crippen LogP contribution in [0.25, 0.3) is 6.08 Å². The lowest BCUT2D eigenvalue weighted by Gasteiger charge is -1.95. The van der Waals surface area contributed by atoms with Crippen molar-refractivity contribution in [3.8, 4) is 0 Å². The molecule has 0 saturated heterocycles. The molecule has 1 aromatic rings. The highest BCUT2D eigenvalue weighted by Crippen LogP contribution is 2.08. The Balaban J connectivity index is 2.95. The first-order valence-corrected chi connectivity index (χ1v) is 4.41. The van der Waals surface area contributed by atoms with Crippen LogP contribution in [0.2, 0.25) is 0 Å². The van der Waals surface area contributed by atoms with E-state index in [1.165, 1.54) is 6.08 Å². The number of rotatable bonds is 3. The van der Waals surface area contributed by atoms with Crippen molar-refractivity contribution >= 4 is 6.08 Å². The quantitative estimate of drug-likeness (QED) is 0.545. The largest absolute Gasteiger partial charge is 0.259 e. The van der Waals surface area contributed by atoms with Crippen molar-refractivity contribution < 1.29 is 4.92 Å². The van der Waals surface area contributed by atoms with Gasteiger partial charge in [0.15, 0.2) is 0 Å². The van der Waals surface area contributed by atoms with Gasteiger partial charge in [0, 0.05) is 18.7 Å². The summed E-state index contributed by atoms with van der Waals surface area (Å²) in [6.07, 6.45) is 3.60. The van der Waals surface area contributed by atoms with Crippen LogP contribution >= 0.6 is 0 Å². The van der Waals surface area contributed by atoms with Crippen LogP contribution in [0.1, 0.15) is 24.6 Å². The third kappa shape index (κ3) is 2.65. The molecule has 0 N–H and O–H groups in total. The van der Waals surface area contributed by atoms with E-state index in [1.54, 1.807) is 19.2 Å². The van der Waals surface area contributed by atoms with Crippen molar-refractivity contribution in [2.75, 3.05) is 0 Å². The monoisotopic (exact) mass is 192 g/mol. The van der Waals surface area contributed by atoms with Crippen LogP contribution in [0.4, 0.5) is 0 Å². The van der Waals surface area contributed by atoms with E-state index < -0.39 is 0 Å². The average Bonchev–Trinajstić information content (AvgIpc) is 2.16. The van der Waals surface area contributed by atoms with E-state index in [0.29, 0.717) is 12.1 Å². The maximum Gasteiger partial charge on any atom is 0.248 e. The van der Waals surface area contributed by atoms with Crippen LogP contribution < -0.4 is 0 Å². The van der Waals surface area contributed by atoms with Gasteiger partial charge in [-0.05, 0) is 18.6 Å². The molecule has 0 aliphatic heterocycles. The highest BCUT2D eigenvalue weighted by molar-refractivity contribution is 5.46. The van der Waals surface area contributed by atoms with Crippen LogP contribution in [0, 0.1) is 17.0 Å². The summed E-state index contributed by atoms with van der Waals surface area (Å²) in [7, 11) is 0. The number of pyridine rings is 1. The summed E-state index contributed by atoms with van der Waals surface area (Å²) in [6.45, 7) is 3.68. The normalized spacial score (nSPS) is 11.4. The predicted molar refractivity (Wildman–Crippen MR) is 54.2 cm³/mol. The summed E-state index contributed by atoms with van der Waals surface area (Å²) >= 11 is 0. The third-order valence-corrected chi connectivity index (χ3v) is 1.85. The summed E-state index contributed by atoms with van der Waals surface area (Å²) in [5.41, 5.74) is 1.85. The fourth-order valence-electron chi connectivity index (χ4n) is 1.02. The van der Waals surface area contributed by atoms with Gasteiger partial charge in [0.25, 0.3) is 0 Å².